The molecule has 1 atom stereocenters. The van der Waals surface area contributed by atoms with Crippen molar-refractivity contribution in [2.45, 2.75) is 25.3 Å². The number of hydrogen-bond donors (Lipinski definition) is 3. The van der Waals surface area contributed by atoms with Crippen molar-refractivity contribution in [1.82, 2.24) is 10.2 Å². The van der Waals surface area contributed by atoms with Gasteiger partial charge in [-0.1, -0.05) is 0 Å². The van der Waals surface area contributed by atoms with E-state index in [0.717, 1.165) is 32.4 Å². The van der Waals surface area contributed by atoms with Crippen LogP contribution in [0.1, 0.15) is 19.3 Å². The molecule has 2 amide bonds. The van der Waals surface area contributed by atoms with Gasteiger partial charge in [0.1, 0.15) is 6.04 Å². The zero-order chi connectivity index (χ0) is 11.3. The van der Waals surface area contributed by atoms with E-state index >= 15 is 0 Å². The predicted octanol–water partition coefficient (Wildman–Crippen LogP) is -0.406. The van der Waals surface area contributed by atoms with Crippen LogP contribution in [0.2, 0.25) is 0 Å². The second kappa shape index (κ2) is 5.55. The molecule has 0 unspecified atom stereocenters. The summed E-state index contributed by atoms with van der Waals surface area (Å²) in [5.41, 5.74) is 5.26. The molecule has 1 fully saturated rings. The van der Waals surface area contributed by atoms with Crippen LogP contribution >= 0.6 is 0 Å². The number of carboxylic acid groups (broad SMARTS) is 1. The van der Waals surface area contributed by atoms with Gasteiger partial charge in [-0.25, -0.2) is 4.79 Å². The fourth-order valence-corrected chi connectivity index (χ4v) is 1.49. The Morgan fingerprint density at radius 3 is 2.47 bits per heavy atom. The number of carboxylic acids is 1. The molecule has 1 aliphatic heterocycles. The van der Waals surface area contributed by atoms with Crippen molar-refractivity contribution in [1.29, 1.82) is 0 Å². The molecule has 1 heterocycles. The quantitative estimate of drug-likeness (QED) is 0.596. The van der Waals surface area contributed by atoms with E-state index in [1.165, 1.54) is 0 Å². The SMILES string of the molecule is N[C@@H](CNC(=O)N1CCCCC1)C(=O)O. The summed E-state index contributed by atoms with van der Waals surface area (Å²) in [4.78, 5) is 23.6. The molecule has 4 N–H and O–H groups in total. The van der Waals surface area contributed by atoms with Crippen LogP contribution in [0.15, 0.2) is 0 Å². The van der Waals surface area contributed by atoms with Gasteiger partial charge in [0, 0.05) is 19.6 Å². The lowest BCUT2D eigenvalue weighted by Gasteiger charge is -2.27. The third kappa shape index (κ3) is 3.75. The first-order chi connectivity index (χ1) is 7.11. The van der Waals surface area contributed by atoms with Gasteiger partial charge in [0.25, 0.3) is 0 Å². The van der Waals surface area contributed by atoms with Gasteiger partial charge < -0.3 is 21.1 Å². The van der Waals surface area contributed by atoms with Gasteiger partial charge >= 0.3 is 12.0 Å². The van der Waals surface area contributed by atoms with E-state index in [0.29, 0.717) is 0 Å². The Morgan fingerprint density at radius 1 is 1.33 bits per heavy atom. The van der Waals surface area contributed by atoms with Gasteiger partial charge in [0.05, 0.1) is 0 Å². The average molecular weight is 215 g/mol. The van der Waals surface area contributed by atoms with Crippen molar-refractivity contribution in [2.24, 2.45) is 5.73 Å². The summed E-state index contributed by atoms with van der Waals surface area (Å²) in [5.74, 6) is -1.10. The average Bonchev–Trinajstić information content (AvgIpc) is 2.26. The Kier molecular flexibility index (Phi) is 4.36. The molecule has 0 bridgehead atoms. The van der Waals surface area contributed by atoms with E-state index in [-0.39, 0.29) is 12.6 Å². The molecular formula is C9H17N3O3. The highest BCUT2D eigenvalue weighted by molar-refractivity contribution is 5.77. The van der Waals surface area contributed by atoms with Crippen molar-refractivity contribution in [3.63, 3.8) is 0 Å². The summed E-state index contributed by atoms with van der Waals surface area (Å²) >= 11 is 0. The number of carbonyl (C=O) groups is 2. The van der Waals surface area contributed by atoms with Gasteiger partial charge in [-0.15, -0.1) is 0 Å². The zero-order valence-corrected chi connectivity index (χ0v) is 8.61. The van der Waals surface area contributed by atoms with E-state index in [4.69, 9.17) is 10.8 Å². The fourth-order valence-electron chi connectivity index (χ4n) is 1.49. The molecule has 0 spiro atoms. The molecule has 86 valence electrons. The number of nitrogens with two attached hydrogens (primary N) is 1. The molecule has 0 aromatic rings. The Morgan fingerprint density at radius 2 is 1.93 bits per heavy atom. The highest BCUT2D eigenvalue weighted by Gasteiger charge is 2.18. The third-order valence-electron chi connectivity index (χ3n) is 2.43. The van der Waals surface area contributed by atoms with Crippen LogP contribution < -0.4 is 11.1 Å². The van der Waals surface area contributed by atoms with Crippen molar-refractivity contribution in [2.75, 3.05) is 19.6 Å². The van der Waals surface area contributed by atoms with Crippen LogP contribution in [0.4, 0.5) is 4.79 Å². The maximum atomic E-state index is 11.5. The molecule has 0 aliphatic carbocycles. The first kappa shape index (κ1) is 11.8. The van der Waals surface area contributed by atoms with Crippen LogP contribution in [0.3, 0.4) is 0 Å². The molecular weight excluding hydrogens is 198 g/mol. The molecule has 0 saturated carbocycles. The van der Waals surface area contributed by atoms with Crippen LogP contribution in [0.5, 0.6) is 0 Å². The van der Waals surface area contributed by atoms with Crippen LogP contribution in [0, 0.1) is 0 Å². The zero-order valence-electron chi connectivity index (χ0n) is 8.61. The van der Waals surface area contributed by atoms with Gasteiger partial charge in [0.2, 0.25) is 0 Å². The van der Waals surface area contributed by atoms with Crippen LogP contribution in [-0.2, 0) is 4.79 Å². The predicted molar refractivity (Wildman–Crippen MR) is 54.4 cm³/mol. The summed E-state index contributed by atoms with van der Waals surface area (Å²) in [6.45, 7) is 1.47. The minimum atomic E-state index is -1.10. The third-order valence-corrected chi connectivity index (χ3v) is 2.43. The lowest BCUT2D eigenvalue weighted by Crippen LogP contribution is -2.48. The Bertz CT molecular complexity index is 239. The van der Waals surface area contributed by atoms with Gasteiger partial charge in [-0.2, -0.15) is 0 Å². The van der Waals surface area contributed by atoms with E-state index in [1.54, 1.807) is 4.90 Å². The fraction of sp³-hybridized carbons (Fsp3) is 0.778. The topological polar surface area (TPSA) is 95.7 Å². The second-order valence-corrected chi connectivity index (χ2v) is 3.68. The van der Waals surface area contributed by atoms with E-state index in [9.17, 15) is 9.59 Å². The molecule has 0 radical (unpaired) electrons. The van der Waals surface area contributed by atoms with Crippen molar-refractivity contribution in [3.8, 4) is 0 Å². The number of hydrogen-bond acceptors (Lipinski definition) is 3. The number of urea groups is 1. The maximum absolute atomic E-state index is 11.5. The normalized spacial score (nSPS) is 18.3. The molecule has 6 heteroatoms. The van der Waals surface area contributed by atoms with Crippen molar-refractivity contribution < 1.29 is 14.7 Å². The summed E-state index contributed by atoms with van der Waals surface area (Å²) in [5, 5.41) is 11.0. The van der Waals surface area contributed by atoms with E-state index < -0.39 is 12.0 Å². The number of amides is 2. The van der Waals surface area contributed by atoms with Gasteiger partial charge in [0.15, 0.2) is 0 Å². The highest BCUT2D eigenvalue weighted by atomic mass is 16.4. The lowest BCUT2D eigenvalue weighted by molar-refractivity contribution is -0.138. The van der Waals surface area contributed by atoms with Crippen LogP contribution in [0.25, 0.3) is 0 Å². The number of likely N-dealkylation sites (tertiary alicyclic amines) is 1. The molecule has 0 aromatic heterocycles. The summed E-state index contributed by atoms with van der Waals surface area (Å²) in [7, 11) is 0. The van der Waals surface area contributed by atoms with Gasteiger partial charge in [-0.3, -0.25) is 4.79 Å². The van der Waals surface area contributed by atoms with Gasteiger partial charge in [-0.05, 0) is 19.3 Å². The van der Waals surface area contributed by atoms with Crippen molar-refractivity contribution in [3.05, 3.63) is 0 Å². The van der Waals surface area contributed by atoms with E-state index in [1.807, 2.05) is 0 Å². The smallest absolute Gasteiger partial charge is 0.322 e. The monoisotopic (exact) mass is 215 g/mol. The Labute approximate surface area is 88.4 Å². The minimum absolute atomic E-state index is 0.0231. The number of aliphatic carboxylic acids is 1. The minimum Gasteiger partial charge on any atom is -0.480 e. The van der Waals surface area contributed by atoms with Crippen molar-refractivity contribution >= 4 is 12.0 Å². The number of nitrogens with one attached hydrogen (secondary N) is 1. The first-order valence-electron chi connectivity index (χ1n) is 5.12. The van der Waals surface area contributed by atoms with Crippen LogP contribution in [-0.4, -0.2) is 47.7 Å². The summed E-state index contributed by atoms with van der Waals surface area (Å²) in [6.07, 6.45) is 3.18. The second-order valence-electron chi connectivity index (χ2n) is 3.68. The van der Waals surface area contributed by atoms with E-state index in [2.05, 4.69) is 5.32 Å². The molecule has 1 aliphatic rings. The lowest BCUT2D eigenvalue weighted by atomic mass is 10.1. The summed E-state index contributed by atoms with van der Waals surface area (Å²) < 4.78 is 0. The first-order valence-corrected chi connectivity index (χ1v) is 5.12. The maximum Gasteiger partial charge on any atom is 0.322 e. The molecule has 6 nitrogen and oxygen atoms in total. The summed E-state index contributed by atoms with van der Waals surface area (Å²) in [6, 6.07) is -1.25. The number of nitrogens with zero attached hydrogens (tertiary/aromatic N) is 1. The number of piperidine rings is 1. The molecule has 1 rings (SSSR count). The Balaban J connectivity index is 2.25. The molecule has 0 aromatic carbocycles. The molecule has 1 saturated heterocycles. The standard InChI is InChI=1S/C9H17N3O3/c10-7(8(13)14)6-11-9(15)12-4-2-1-3-5-12/h7H,1-6,10H2,(H,11,15)(H,13,14)/t7-/m0/s1. The Hall–Kier alpha value is -1.30. The number of rotatable bonds is 3. The number of carbonyl (C=O) groups excluding carboxylic acids is 1. The highest BCUT2D eigenvalue weighted by Crippen LogP contribution is 2.08. The molecule has 15 heavy (non-hydrogen) atoms. The largest absolute Gasteiger partial charge is 0.480 e.